The molecule has 1 saturated carbocycles. The number of nitrogens with zero attached hydrogens (tertiary/aromatic N) is 2. The summed E-state index contributed by atoms with van der Waals surface area (Å²) in [6.07, 6.45) is 8.90. The van der Waals surface area contributed by atoms with Crippen LogP contribution in [0.25, 0.3) is 0 Å². The largest absolute Gasteiger partial charge is 0.379 e. The van der Waals surface area contributed by atoms with Crippen LogP contribution in [0.3, 0.4) is 0 Å². The van der Waals surface area contributed by atoms with Gasteiger partial charge in [0.05, 0.1) is 13.2 Å². The number of rotatable bonds is 4. The number of morpholine rings is 1. The monoisotopic (exact) mass is 339 g/mol. The molecule has 0 aromatic carbocycles. The Labute approximate surface area is 138 Å². The van der Waals surface area contributed by atoms with Crippen LogP contribution >= 0.6 is 0 Å². The van der Waals surface area contributed by atoms with E-state index in [0.29, 0.717) is 32.3 Å². The third-order valence-electron chi connectivity index (χ3n) is 4.55. The molecule has 2 heterocycles. The van der Waals surface area contributed by atoms with Gasteiger partial charge in [-0.1, -0.05) is 25.7 Å². The highest BCUT2D eigenvalue weighted by molar-refractivity contribution is 7.89. The highest BCUT2D eigenvalue weighted by Crippen LogP contribution is 2.22. The molecule has 1 aliphatic heterocycles. The van der Waals surface area contributed by atoms with Crippen molar-refractivity contribution in [3.05, 3.63) is 18.3 Å². The Bertz CT molecular complexity index is 590. The molecule has 1 aromatic rings. The molecule has 0 spiro atoms. The summed E-state index contributed by atoms with van der Waals surface area (Å²) in [5.74, 6) is 0.762. The molecule has 1 aromatic heterocycles. The number of hydrogen-bond acceptors (Lipinski definition) is 5. The second kappa shape index (κ2) is 7.59. The average Bonchev–Trinajstić information content (AvgIpc) is 2.85. The minimum absolute atomic E-state index is 0.255. The van der Waals surface area contributed by atoms with Crippen LogP contribution in [0, 0.1) is 0 Å². The molecule has 0 radical (unpaired) electrons. The number of ether oxygens (including phenoxy) is 1. The third kappa shape index (κ3) is 4.22. The minimum Gasteiger partial charge on any atom is -0.379 e. The van der Waals surface area contributed by atoms with Crippen LogP contribution in [0.15, 0.2) is 23.2 Å². The number of aromatic nitrogens is 1. The maximum atomic E-state index is 12.5. The summed E-state index contributed by atoms with van der Waals surface area (Å²) < 4.78 is 31.8. The van der Waals surface area contributed by atoms with Gasteiger partial charge in [-0.05, 0) is 25.0 Å². The molecule has 2 fully saturated rings. The Morgan fingerprint density at radius 3 is 2.39 bits per heavy atom. The van der Waals surface area contributed by atoms with Crippen molar-refractivity contribution in [3.8, 4) is 0 Å². The first-order valence-corrected chi connectivity index (χ1v) is 9.91. The Hall–Kier alpha value is -1.18. The molecule has 0 atom stereocenters. The van der Waals surface area contributed by atoms with E-state index < -0.39 is 10.0 Å². The fourth-order valence-corrected chi connectivity index (χ4v) is 4.54. The second-order valence-electron chi connectivity index (χ2n) is 6.23. The summed E-state index contributed by atoms with van der Waals surface area (Å²) in [6.45, 7) is 1.72. The van der Waals surface area contributed by atoms with Crippen molar-refractivity contribution in [2.45, 2.75) is 49.5 Å². The Morgan fingerprint density at radius 2 is 1.78 bits per heavy atom. The fourth-order valence-electron chi connectivity index (χ4n) is 3.19. The number of hydrogen-bond donors (Lipinski definition) is 1. The van der Waals surface area contributed by atoms with Crippen molar-refractivity contribution in [2.75, 3.05) is 31.6 Å². The normalized spacial score (nSPS) is 21.7. The smallest absolute Gasteiger partial charge is 0.244 e. The van der Waals surface area contributed by atoms with Gasteiger partial charge in [-0.3, -0.25) is 0 Å². The van der Waals surface area contributed by atoms with E-state index in [9.17, 15) is 8.42 Å². The summed E-state index contributed by atoms with van der Waals surface area (Å²) >= 11 is 0. The molecule has 23 heavy (non-hydrogen) atoms. The fraction of sp³-hybridized carbons (Fsp3) is 0.688. The average molecular weight is 339 g/mol. The zero-order valence-corrected chi connectivity index (χ0v) is 14.2. The van der Waals surface area contributed by atoms with Gasteiger partial charge in [0.15, 0.2) is 0 Å². The Morgan fingerprint density at radius 1 is 1.09 bits per heavy atom. The number of anilines is 1. The van der Waals surface area contributed by atoms with Crippen molar-refractivity contribution in [3.63, 3.8) is 0 Å². The maximum Gasteiger partial charge on any atom is 0.244 e. The van der Waals surface area contributed by atoms with Crippen molar-refractivity contribution in [1.82, 2.24) is 9.29 Å². The van der Waals surface area contributed by atoms with Crippen LogP contribution in [0.4, 0.5) is 5.82 Å². The maximum absolute atomic E-state index is 12.5. The first-order valence-electron chi connectivity index (χ1n) is 8.47. The quantitative estimate of drug-likeness (QED) is 0.852. The lowest BCUT2D eigenvalue weighted by Crippen LogP contribution is -2.40. The predicted octanol–water partition coefficient (Wildman–Crippen LogP) is 2.24. The van der Waals surface area contributed by atoms with Gasteiger partial charge in [-0.2, -0.15) is 4.31 Å². The third-order valence-corrected chi connectivity index (χ3v) is 6.43. The molecular formula is C16H25N3O3S. The molecule has 1 saturated heterocycles. The van der Waals surface area contributed by atoms with Crippen LogP contribution in [-0.4, -0.2) is 50.1 Å². The van der Waals surface area contributed by atoms with E-state index >= 15 is 0 Å². The zero-order chi connectivity index (χ0) is 16.1. The van der Waals surface area contributed by atoms with E-state index in [1.54, 1.807) is 12.1 Å². The molecule has 2 aliphatic rings. The van der Waals surface area contributed by atoms with Gasteiger partial charge in [0, 0.05) is 25.3 Å². The molecule has 0 amide bonds. The number of sulfonamides is 1. The predicted molar refractivity (Wildman–Crippen MR) is 88.9 cm³/mol. The Kier molecular flexibility index (Phi) is 5.50. The highest BCUT2D eigenvalue weighted by Gasteiger charge is 2.26. The zero-order valence-electron chi connectivity index (χ0n) is 13.4. The summed E-state index contributed by atoms with van der Waals surface area (Å²) in [7, 11) is -3.45. The topological polar surface area (TPSA) is 71.5 Å². The molecular weight excluding hydrogens is 314 g/mol. The van der Waals surface area contributed by atoms with E-state index in [1.807, 2.05) is 0 Å². The van der Waals surface area contributed by atoms with E-state index in [-0.39, 0.29) is 4.90 Å². The van der Waals surface area contributed by atoms with Crippen molar-refractivity contribution >= 4 is 15.8 Å². The van der Waals surface area contributed by atoms with Gasteiger partial charge < -0.3 is 10.1 Å². The van der Waals surface area contributed by atoms with Crippen LogP contribution in [-0.2, 0) is 14.8 Å². The Balaban J connectivity index is 1.66. The lowest BCUT2D eigenvalue weighted by atomic mass is 10.1. The van der Waals surface area contributed by atoms with Gasteiger partial charge >= 0.3 is 0 Å². The van der Waals surface area contributed by atoms with Crippen molar-refractivity contribution in [1.29, 1.82) is 0 Å². The van der Waals surface area contributed by atoms with Crippen LogP contribution in [0.5, 0.6) is 0 Å². The van der Waals surface area contributed by atoms with Crippen molar-refractivity contribution in [2.24, 2.45) is 0 Å². The highest BCUT2D eigenvalue weighted by atomic mass is 32.2. The number of pyridine rings is 1. The molecule has 1 N–H and O–H groups in total. The van der Waals surface area contributed by atoms with Crippen LogP contribution in [0.1, 0.15) is 38.5 Å². The summed E-state index contributed by atoms with van der Waals surface area (Å²) in [5, 5.41) is 3.44. The molecule has 7 heteroatoms. The first-order chi connectivity index (χ1) is 11.2. The van der Waals surface area contributed by atoms with E-state index in [4.69, 9.17) is 4.74 Å². The molecule has 6 nitrogen and oxygen atoms in total. The molecule has 3 rings (SSSR count). The lowest BCUT2D eigenvalue weighted by molar-refractivity contribution is 0.0730. The minimum atomic E-state index is -3.45. The molecule has 0 unspecified atom stereocenters. The van der Waals surface area contributed by atoms with E-state index in [1.165, 1.54) is 36.2 Å². The van der Waals surface area contributed by atoms with Crippen LogP contribution < -0.4 is 5.32 Å². The first kappa shape index (κ1) is 16.7. The lowest BCUT2D eigenvalue weighted by Gasteiger charge is -2.26. The number of nitrogens with one attached hydrogen (secondary N) is 1. The summed E-state index contributed by atoms with van der Waals surface area (Å²) in [6, 6.07) is 3.88. The van der Waals surface area contributed by atoms with Gasteiger partial charge in [0.25, 0.3) is 0 Å². The van der Waals surface area contributed by atoms with Gasteiger partial charge in [-0.15, -0.1) is 0 Å². The van der Waals surface area contributed by atoms with Crippen LogP contribution in [0.2, 0.25) is 0 Å². The molecule has 128 valence electrons. The van der Waals surface area contributed by atoms with Gasteiger partial charge in [0.2, 0.25) is 10.0 Å². The van der Waals surface area contributed by atoms with E-state index in [2.05, 4.69) is 10.3 Å². The summed E-state index contributed by atoms with van der Waals surface area (Å²) in [4.78, 5) is 4.57. The SMILES string of the molecule is O=S(=O)(c1ccc(NC2CCCCCC2)nc1)N1CCOCC1. The summed E-state index contributed by atoms with van der Waals surface area (Å²) in [5.41, 5.74) is 0. The molecule has 1 aliphatic carbocycles. The standard InChI is InChI=1S/C16H25N3O3S/c20-23(21,19-9-11-22-12-10-19)15-7-8-16(17-13-15)18-14-5-3-1-2-4-6-14/h7-8,13-14H,1-6,9-12H2,(H,17,18). The van der Waals surface area contributed by atoms with Gasteiger partial charge in [-0.25, -0.2) is 13.4 Å². The van der Waals surface area contributed by atoms with E-state index in [0.717, 1.165) is 18.7 Å². The van der Waals surface area contributed by atoms with Crippen molar-refractivity contribution < 1.29 is 13.2 Å². The van der Waals surface area contributed by atoms with Gasteiger partial charge in [0.1, 0.15) is 10.7 Å². The second-order valence-corrected chi connectivity index (χ2v) is 8.17. The molecule has 0 bridgehead atoms.